The summed E-state index contributed by atoms with van der Waals surface area (Å²) >= 11 is 10.0. The molecule has 0 unspecified atom stereocenters. The minimum Gasteiger partial charge on any atom is -0.373 e. The Morgan fingerprint density at radius 1 is 1.22 bits per heavy atom. The molecule has 0 fully saturated rings. The van der Waals surface area contributed by atoms with Crippen LogP contribution < -0.4 is 5.90 Å². The number of hydrogen-bond acceptors (Lipinski definition) is 6. The molecule has 0 saturated carbocycles. The zero-order valence-corrected chi connectivity index (χ0v) is 12.4. The van der Waals surface area contributed by atoms with Gasteiger partial charge in [0.05, 0.1) is 5.41 Å². The van der Waals surface area contributed by atoms with Crippen molar-refractivity contribution in [1.82, 2.24) is 0 Å². The summed E-state index contributed by atoms with van der Waals surface area (Å²) in [6.45, 7) is 3.61. The summed E-state index contributed by atoms with van der Waals surface area (Å²) < 4.78 is 0. The van der Waals surface area contributed by atoms with Crippen molar-refractivity contribution in [2.24, 2.45) is 11.3 Å². The molecule has 0 aromatic rings. The molecule has 4 nitrogen and oxygen atoms in total. The predicted molar refractivity (Wildman–Crippen MR) is 78.4 cm³/mol. The fraction of sp³-hybridized carbons (Fsp3) is 0.667. The van der Waals surface area contributed by atoms with E-state index in [9.17, 15) is 9.59 Å². The van der Waals surface area contributed by atoms with Crippen molar-refractivity contribution in [2.45, 2.75) is 46.0 Å². The first-order chi connectivity index (χ1) is 8.38. The van der Waals surface area contributed by atoms with Gasteiger partial charge in [-0.3, -0.25) is 0 Å². The zero-order chi connectivity index (χ0) is 14.2. The molecule has 0 rings (SSSR count). The molecule has 0 heterocycles. The van der Waals surface area contributed by atoms with Crippen molar-refractivity contribution in [3.05, 3.63) is 0 Å². The van der Waals surface area contributed by atoms with Crippen molar-refractivity contribution in [2.75, 3.05) is 0 Å². The zero-order valence-electron chi connectivity index (χ0n) is 10.7. The highest BCUT2D eigenvalue weighted by atomic mass is 32.1. The molecular formula is C12H19NO3S2. The molecule has 102 valence electrons. The molecule has 2 N–H and O–H groups in total. The average molecular weight is 289 g/mol. The quantitative estimate of drug-likeness (QED) is 0.399. The number of nitrogens with two attached hydrogens (primary N) is 1. The molecule has 0 aromatic heterocycles. The highest BCUT2D eigenvalue weighted by Gasteiger charge is 2.39. The molecule has 0 saturated heterocycles. The van der Waals surface area contributed by atoms with Crippen LogP contribution in [0.1, 0.15) is 46.0 Å². The number of carbonyl (C=O) groups excluding carboxylic acids is 2. The van der Waals surface area contributed by atoms with Gasteiger partial charge < -0.3 is 9.63 Å². The van der Waals surface area contributed by atoms with Crippen LogP contribution in [0.4, 0.5) is 0 Å². The van der Waals surface area contributed by atoms with Gasteiger partial charge in [0.2, 0.25) is 0 Å². The van der Waals surface area contributed by atoms with E-state index in [0.717, 1.165) is 9.73 Å². The second kappa shape index (κ2) is 8.39. The minimum atomic E-state index is -0.906. The van der Waals surface area contributed by atoms with Crippen LogP contribution in [-0.2, 0) is 14.4 Å². The van der Waals surface area contributed by atoms with Gasteiger partial charge >= 0.3 is 5.97 Å². The van der Waals surface area contributed by atoms with Gasteiger partial charge in [0.15, 0.2) is 0 Å². The third-order valence-corrected chi connectivity index (χ3v) is 3.33. The first-order valence-electron chi connectivity index (χ1n) is 5.71. The van der Waals surface area contributed by atoms with Gasteiger partial charge in [-0.1, -0.05) is 24.4 Å². The van der Waals surface area contributed by atoms with Crippen molar-refractivity contribution in [1.29, 1.82) is 0 Å². The van der Waals surface area contributed by atoms with Gasteiger partial charge in [-0.05, 0) is 49.3 Å². The first kappa shape index (κ1) is 17.3. The highest BCUT2D eigenvalue weighted by Crippen LogP contribution is 2.34. The van der Waals surface area contributed by atoms with Gasteiger partial charge in [0, 0.05) is 6.42 Å². The van der Waals surface area contributed by atoms with E-state index in [1.807, 2.05) is 0 Å². The SMILES string of the molecule is CC(=S)CCC(CC=O)(CCC(C)=S)C(=O)ON. The lowest BCUT2D eigenvalue weighted by molar-refractivity contribution is -0.158. The van der Waals surface area contributed by atoms with Crippen LogP contribution in [0, 0.1) is 5.41 Å². The molecule has 0 atom stereocenters. The number of thiocarbonyl (C=S) groups is 2. The summed E-state index contributed by atoms with van der Waals surface area (Å²) in [6, 6.07) is 0. The molecule has 0 aliphatic carbocycles. The number of carbonyl (C=O) groups is 2. The lowest BCUT2D eigenvalue weighted by Gasteiger charge is -2.28. The van der Waals surface area contributed by atoms with E-state index in [4.69, 9.17) is 30.3 Å². The Kier molecular flexibility index (Phi) is 8.06. The standard InChI is InChI=1S/C12H19NO3S2/c1-9(17)3-5-12(7-8-14,11(15)16-13)6-4-10(2)18/h8H,3-7,13H2,1-2H3. The van der Waals surface area contributed by atoms with E-state index >= 15 is 0 Å². The summed E-state index contributed by atoms with van der Waals surface area (Å²) in [5, 5.41) is 0. The lowest BCUT2D eigenvalue weighted by Crippen LogP contribution is -2.36. The predicted octanol–water partition coefficient (Wildman–Crippen LogP) is 2.32. The van der Waals surface area contributed by atoms with E-state index < -0.39 is 11.4 Å². The summed E-state index contributed by atoms with van der Waals surface area (Å²) in [5.74, 6) is 4.40. The van der Waals surface area contributed by atoms with Crippen LogP contribution in [0.3, 0.4) is 0 Å². The summed E-state index contributed by atoms with van der Waals surface area (Å²) in [7, 11) is 0. The summed E-state index contributed by atoms with van der Waals surface area (Å²) in [4.78, 5) is 28.6. The largest absolute Gasteiger partial charge is 0.373 e. The van der Waals surface area contributed by atoms with Crippen LogP contribution in [0.5, 0.6) is 0 Å². The van der Waals surface area contributed by atoms with Crippen LogP contribution in [0.15, 0.2) is 0 Å². The summed E-state index contributed by atoms with van der Waals surface area (Å²) in [6.07, 6.45) is 2.87. The molecule has 0 aromatic carbocycles. The van der Waals surface area contributed by atoms with Gasteiger partial charge in [-0.2, -0.15) is 5.90 Å². The maximum Gasteiger partial charge on any atom is 0.330 e. The van der Waals surface area contributed by atoms with Crippen molar-refractivity contribution in [3.8, 4) is 0 Å². The molecule has 0 spiro atoms. The Bertz CT molecular complexity index is 324. The van der Waals surface area contributed by atoms with Gasteiger partial charge in [-0.15, -0.1) is 0 Å². The third kappa shape index (κ3) is 5.75. The minimum absolute atomic E-state index is 0.0776. The first-order valence-corrected chi connectivity index (χ1v) is 6.53. The molecule has 6 heteroatoms. The van der Waals surface area contributed by atoms with Gasteiger partial charge in [0.1, 0.15) is 6.29 Å². The Hall–Kier alpha value is -0.720. The van der Waals surface area contributed by atoms with Gasteiger partial charge in [-0.25, -0.2) is 4.79 Å². The molecule has 0 aliphatic rings. The van der Waals surface area contributed by atoms with E-state index in [1.165, 1.54) is 0 Å². The highest BCUT2D eigenvalue weighted by molar-refractivity contribution is 7.80. The van der Waals surface area contributed by atoms with Crippen molar-refractivity contribution >= 4 is 46.4 Å². The normalized spacial score (nSPS) is 10.8. The van der Waals surface area contributed by atoms with E-state index in [-0.39, 0.29) is 6.42 Å². The van der Waals surface area contributed by atoms with Crippen molar-refractivity contribution < 1.29 is 14.4 Å². The fourth-order valence-electron chi connectivity index (χ4n) is 1.73. The van der Waals surface area contributed by atoms with E-state index in [2.05, 4.69) is 4.84 Å². The van der Waals surface area contributed by atoms with Crippen molar-refractivity contribution in [3.63, 3.8) is 0 Å². The summed E-state index contributed by atoms with van der Waals surface area (Å²) in [5.41, 5.74) is -0.906. The Balaban J connectivity index is 4.99. The second-order valence-corrected chi connectivity index (χ2v) is 5.85. The molecule has 18 heavy (non-hydrogen) atoms. The Labute approximate surface area is 118 Å². The van der Waals surface area contributed by atoms with Gasteiger partial charge in [0.25, 0.3) is 0 Å². The van der Waals surface area contributed by atoms with E-state index in [0.29, 0.717) is 32.0 Å². The topological polar surface area (TPSA) is 69.4 Å². The number of hydrogen-bond donors (Lipinski definition) is 1. The van der Waals surface area contributed by atoms with Crippen LogP contribution in [0.25, 0.3) is 0 Å². The maximum absolute atomic E-state index is 11.9. The Morgan fingerprint density at radius 2 is 1.67 bits per heavy atom. The molecular weight excluding hydrogens is 270 g/mol. The molecule has 0 amide bonds. The smallest absolute Gasteiger partial charge is 0.330 e. The third-order valence-electron chi connectivity index (χ3n) is 2.93. The fourth-order valence-corrected chi connectivity index (χ4v) is 1.94. The number of rotatable bonds is 9. The van der Waals surface area contributed by atoms with Crippen LogP contribution in [-0.4, -0.2) is 22.0 Å². The van der Waals surface area contributed by atoms with E-state index in [1.54, 1.807) is 13.8 Å². The average Bonchev–Trinajstić information content (AvgIpc) is 2.31. The number of aldehydes is 1. The monoisotopic (exact) mass is 289 g/mol. The Morgan fingerprint density at radius 3 is 1.94 bits per heavy atom. The second-order valence-electron chi connectivity index (χ2n) is 4.46. The lowest BCUT2D eigenvalue weighted by atomic mass is 9.76. The molecule has 0 bridgehead atoms. The molecule has 0 radical (unpaired) electrons. The van der Waals surface area contributed by atoms with Crippen LogP contribution in [0.2, 0.25) is 0 Å². The molecule has 0 aliphatic heterocycles. The maximum atomic E-state index is 11.9. The van der Waals surface area contributed by atoms with Crippen LogP contribution >= 0.6 is 24.4 Å².